The molecule has 0 atom stereocenters. The zero-order chi connectivity index (χ0) is 13.1. The summed E-state index contributed by atoms with van der Waals surface area (Å²) in [6, 6.07) is 9.42. The van der Waals surface area contributed by atoms with Gasteiger partial charge in [-0.1, -0.05) is 49.4 Å². The quantitative estimate of drug-likeness (QED) is 0.788. The zero-order valence-electron chi connectivity index (χ0n) is 11.6. The van der Waals surface area contributed by atoms with Crippen LogP contribution in [0.5, 0.6) is 0 Å². The molecule has 0 amide bonds. The highest BCUT2D eigenvalue weighted by Crippen LogP contribution is 2.39. The Labute approximate surface area is 121 Å². The Balaban J connectivity index is 1.82. The lowest BCUT2D eigenvalue weighted by Crippen LogP contribution is -2.38. The first-order valence-corrected chi connectivity index (χ1v) is 8.16. The Morgan fingerprint density at radius 3 is 2.21 bits per heavy atom. The molecule has 0 saturated heterocycles. The van der Waals surface area contributed by atoms with Crippen molar-refractivity contribution in [3.8, 4) is 0 Å². The van der Waals surface area contributed by atoms with Crippen molar-refractivity contribution in [2.75, 3.05) is 6.54 Å². The second-order valence-corrected chi connectivity index (χ2v) is 6.79. The highest BCUT2D eigenvalue weighted by molar-refractivity contribution is 6.30. The molecule has 0 aliphatic heterocycles. The van der Waals surface area contributed by atoms with Crippen LogP contribution < -0.4 is 5.32 Å². The van der Waals surface area contributed by atoms with Crippen molar-refractivity contribution in [1.82, 2.24) is 5.32 Å². The van der Waals surface area contributed by atoms with Crippen molar-refractivity contribution >= 4 is 11.6 Å². The monoisotopic (exact) mass is 277 g/mol. The van der Waals surface area contributed by atoms with E-state index < -0.39 is 0 Å². The normalized spacial score (nSPS) is 23.0. The molecular formula is C17H24ClN. The van der Waals surface area contributed by atoms with Crippen LogP contribution in [0.4, 0.5) is 0 Å². The molecule has 2 aliphatic rings. The molecule has 0 unspecified atom stereocenters. The van der Waals surface area contributed by atoms with Gasteiger partial charge >= 0.3 is 0 Å². The van der Waals surface area contributed by atoms with Crippen LogP contribution in [0, 0.1) is 0 Å². The van der Waals surface area contributed by atoms with E-state index in [9.17, 15) is 0 Å². The Morgan fingerprint density at radius 2 is 1.63 bits per heavy atom. The smallest absolute Gasteiger partial charge is 0.0406 e. The molecule has 0 bridgehead atoms. The summed E-state index contributed by atoms with van der Waals surface area (Å²) in [6.07, 6.45) is 10.9. The van der Waals surface area contributed by atoms with Crippen LogP contribution >= 0.6 is 11.6 Å². The lowest BCUT2D eigenvalue weighted by Gasteiger charge is -2.34. The fourth-order valence-corrected chi connectivity index (χ4v) is 3.53. The minimum absolute atomic E-state index is 0.351. The summed E-state index contributed by atoms with van der Waals surface area (Å²) in [5.41, 5.74) is 1.84. The standard InChI is InChI=1S/C17H24ClN/c18-15-7-5-14(6-8-15)17(13-19-16-9-10-16)11-3-1-2-4-12-17/h5-8,16,19H,1-4,9-13H2. The maximum absolute atomic E-state index is 6.05. The summed E-state index contributed by atoms with van der Waals surface area (Å²) < 4.78 is 0. The highest BCUT2D eigenvalue weighted by atomic mass is 35.5. The first kappa shape index (κ1) is 13.5. The van der Waals surface area contributed by atoms with E-state index in [1.54, 1.807) is 0 Å². The van der Waals surface area contributed by atoms with E-state index in [-0.39, 0.29) is 0 Å². The molecule has 104 valence electrons. The van der Waals surface area contributed by atoms with Gasteiger partial charge in [-0.15, -0.1) is 0 Å². The fourth-order valence-electron chi connectivity index (χ4n) is 3.40. The molecule has 2 fully saturated rings. The van der Waals surface area contributed by atoms with Gasteiger partial charge in [0.05, 0.1) is 0 Å². The Kier molecular flexibility index (Phi) is 4.14. The van der Waals surface area contributed by atoms with E-state index in [0.717, 1.165) is 17.6 Å². The van der Waals surface area contributed by atoms with Crippen LogP contribution in [0.15, 0.2) is 24.3 Å². The van der Waals surface area contributed by atoms with Crippen LogP contribution in [0.3, 0.4) is 0 Å². The number of nitrogens with one attached hydrogen (secondary N) is 1. The van der Waals surface area contributed by atoms with Gasteiger partial charge in [-0.25, -0.2) is 0 Å². The fraction of sp³-hybridized carbons (Fsp3) is 0.647. The number of benzene rings is 1. The Hall–Kier alpha value is -0.530. The molecule has 1 nitrogen and oxygen atoms in total. The molecule has 2 aliphatic carbocycles. The summed E-state index contributed by atoms with van der Waals surface area (Å²) in [5, 5.41) is 4.62. The van der Waals surface area contributed by atoms with Crippen molar-refractivity contribution in [1.29, 1.82) is 0 Å². The van der Waals surface area contributed by atoms with E-state index in [2.05, 4.69) is 29.6 Å². The largest absolute Gasteiger partial charge is 0.313 e. The summed E-state index contributed by atoms with van der Waals surface area (Å²) >= 11 is 6.05. The molecule has 2 saturated carbocycles. The van der Waals surface area contributed by atoms with Gasteiger partial charge in [0.25, 0.3) is 0 Å². The van der Waals surface area contributed by atoms with Gasteiger partial charge < -0.3 is 5.32 Å². The predicted molar refractivity (Wildman–Crippen MR) is 81.9 cm³/mol. The van der Waals surface area contributed by atoms with Gasteiger partial charge in [-0.05, 0) is 43.4 Å². The van der Waals surface area contributed by atoms with Gasteiger partial charge in [0.1, 0.15) is 0 Å². The lowest BCUT2D eigenvalue weighted by atomic mass is 9.74. The molecule has 0 spiro atoms. The molecule has 19 heavy (non-hydrogen) atoms. The van der Waals surface area contributed by atoms with Gasteiger partial charge in [-0.3, -0.25) is 0 Å². The van der Waals surface area contributed by atoms with Crippen molar-refractivity contribution in [2.45, 2.75) is 62.8 Å². The minimum Gasteiger partial charge on any atom is -0.313 e. The van der Waals surface area contributed by atoms with Crippen LogP contribution in [0.2, 0.25) is 5.02 Å². The Bertz CT molecular complexity index is 400. The maximum atomic E-state index is 6.05. The van der Waals surface area contributed by atoms with E-state index >= 15 is 0 Å². The van der Waals surface area contributed by atoms with Crippen LogP contribution in [0.1, 0.15) is 56.9 Å². The van der Waals surface area contributed by atoms with Gasteiger partial charge in [0, 0.05) is 23.0 Å². The summed E-state index contributed by atoms with van der Waals surface area (Å²) in [4.78, 5) is 0. The summed E-state index contributed by atoms with van der Waals surface area (Å²) in [7, 11) is 0. The van der Waals surface area contributed by atoms with Crippen LogP contribution in [-0.2, 0) is 5.41 Å². The third-order valence-electron chi connectivity index (χ3n) is 4.82. The number of rotatable bonds is 4. The first-order chi connectivity index (χ1) is 9.28. The molecule has 1 N–H and O–H groups in total. The SMILES string of the molecule is Clc1ccc(C2(CNC3CC3)CCCCCC2)cc1. The molecule has 0 heterocycles. The van der Waals surface area contributed by atoms with E-state index in [1.807, 2.05) is 0 Å². The third-order valence-corrected chi connectivity index (χ3v) is 5.08. The molecule has 3 rings (SSSR count). The lowest BCUT2D eigenvalue weighted by molar-refractivity contribution is 0.346. The molecular weight excluding hydrogens is 254 g/mol. The number of hydrogen-bond acceptors (Lipinski definition) is 1. The molecule has 2 heteroatoms. The number of hydrogen-bond donors (Lipinski definition) is 1. The predicted octanol–water partition coefficient (Wildman–Crippen LogP) is 4.68. The topological polar surface area (TPSA) is 12.0 Å². The van der Waals surface area contributed by atoms with Gasteiger partial charge in [0.15, 0.2) is 0 Å². The molecule has 0 radical (unpaired) electrons. The van der Waals surface area contributed by atoms with Crippen molar-refractivity contribution in [3.63, 3.8) is 0 Å². The maximum Gasteiger partial charge on any atom is 0.0406 e. The molecule has 0 aromatic heterocycles. The second kappa shape index (κ2) is 5.85. The highest BCUT2D eigenvalue weighted by Gasteiger charge is 2.34. The second-order valence-electron chi connectivity index (χ2n) is 6.36. The van der Waals surface area contributed by atoms with Crippen molar-refractivity contribution in [3.05, 3.63) is 34.9 Å². The third kappa shape index (κ3) is 3.32. The Morgan fingerprint density at radius 1 is 1.00 bits per heavy atom. The van der Waals surface area contributed by atoms with Gasteiger partial charge in [0.2, 0.25) is 0 Å². The number of halogens is 1. The first-order valence-electron chi connectivity index (χ1n) is 7.78. The average Bonchev–Trinajstić information content (AvgIpc) is 3.25. The zero-order valence-corrected chi connectivity index (χ0v) is 12.4. The van der Waals surface area contributed by atoms with Crippen LogP contribution in [-0.4, -0.2) is 12.6 Å². The van der Waals surface area contributed by atoms with Crippen molar-refractivity contribution in [2.24, 2.45) is 0 Å². The summed E-state index contributed by atoms with van der Waals surface area (Å²) in [5.74, 6) is 0. The van der Waals surface area contributed by atoms with Crippen LogP contribution in [0.25, 0.3) is 0 Å². The van der Waals surface area contributed by atoms with E-state index in [0.29, 0.717) is 5.41 Å². The summed E-state index contributed by atoms with van der Waals surface area (Å²) in [6.45, 7) is 1.15. The van der Waals surface area contributed by atoms with Gasteiger partial charge in [-0.2, -0.15) is 0 Å². The van der Waals surface area contributed by atoms with E-state index in [4.69, 9.17) is 11.6 Å². The van der Waals surface area contributed by atoms with E-state index in [1.165, 1.54) is 56.9 Å². The molecule has 1 aromatic rings. The average molecular weight is 278 g/mol. The minimum atomic E-state index is 0.351. The molecule has 1 aromatic carbocycles. The van der Waals surface area contributed by atoms with Crippen molar-refractivity contribution < 1.29 is 0 Å².